The summed E-state index contributed by atoms with van der Waals surface area (Å²) >= 11 is 0. The van der Waals surface area contributed by atoms with Crippen molar-refractivity contribution in [3.8, 4) is 0 Å². The van der Waals surface area contributed by atoms with Crippen molar-refractivity contribution in [2.75, 3.05) is 10.2 Å². The molecule has 0 saturated heterocycles. The number of halogens is 1. The lowest BCUT2D eigenvalue weighted by Crippen LogP contribution is -2.33. The van der Waals surface area contributed by atoms with Crippen molar-refractivity contribution in [2.24, 2.45) is 0 Å². The van der Waals surface area contributed by atoms with E-state index in [0.717, 1.165) is 16.8 Å². The molecule has 1 amide bonds. The molecule has 0 spiro atoms. The molecule has 0 saturated carbocycles. The summed E-state index contributed by atoms with van der Waals surface area (Å²) in [6, 6.07) is 21.7. The number of nitrogens with one attached hydrogen (secondary N) is 1. The maximum Gasteiger partial charge on any atom is 0.260 e. The normalized spacial score (nSPS) is 16.0. The van der Waals surface area contributed by atoms with E-state index in [0.29, 0.717) is 11.3 Å². The average molecular weight is 332 g/mol. The molecule has 0 unspecified atom stereocenters. The minimum atomic E-state index is -0.457. The van der Waals surface area contributed by atoms with Crippen molar-refractivity contribution in [2.45, 2.75) is 13.1 Å². The van der Waals surface area contributed by atoms with Crippen LogP contribution < -0.4 is 10.2 Å². The van der Waals surface area contributed by atoms with E-state index < -0.39 is 6.17 Å². The lowest BCUT2D eigenvalue weighted by Gasteiger charge is -2.28. The molecule has 3 aromatic rings. The van der Waals surface area contributed by atoms with Crippen molar-refractivity contribution in [1.82, 2.24) is 0 Å². The van der Waals surface area contributed by atoms with E-state index in [4.69, 9.17) is 0 Å². The lowest BCUT2D eigenvalue weighted by molar-refractivity contribution is 0.0992. The van der Waals surface area contributed by atoms with Gasteiger partial charge in [0.15, 0.2) is 0 Å². The molecule has 0 aliphatic carbocycles. The summed E-state index contributed by atoms with van der Waals surface area (Å²) in [5.41, 5.74) is 3.66. The maximum atomic E-state index is 14.2. The zero-order valence-electron chi connectivity index (χ0n) is 13.7. The molecular weight excluding hydrogens is 315 g/mol. The van der Waals surface area contributed by atoms with Crippen molar-refractivity contribution < 1.29 is 9.18 Å². The Bertz CT molecular complexity index is 954. The van der Waals surface area contributed by atoms with Crippen LogP contribution in [0.3, 0.4) is 0 Å². The molecule has 0 aromatic heterocycles. The minimum Gasteiger partial charge on any atom is -0.359 e. The Balaban J connectivity index is 1.84. The van der Waals surface area contributed by atoms with Gasteiger partial charge in [-0.2, -0.15) is 0 Å². The van der Waals surface area contributed by atoms with Crippen LogP contribution >= 0.6 is 0 Å². The van der Waals surface area contributed by atoms with Crippen LogP contribution in [0.1, 0.15) is 27.7 Å². The van der Waals surface area contributed by atoms with Crippen LogP contribution in [0, 0.1) is 12.7 Å². The molecule has 3 aromatic carbocycles. The first-order valence-electron chi connectivity index (χ1n) is 8.16. The van der Waals surface area contributed by atoms with Crippen molar-refractivity contribution in [1.29, 1.82) is 0 Å². The lowest BCUT2D eigenvalue weighted by atomic mass is 10.1. The van der Waals surface area contributed by atoms with Crippen molar-refractivity contribution >= 4 is 17.3 Å². The van der Waals surface area contributed by atoms with Crippen molar-refractivity contribution in [3.05, 3.63) is 95.3 Å². The molecule has 25 heavy (non-hydrogen) atoms. The summed E-state index contributed by atoms with van der Waals surface area (Å²) in [4.78, 5) is 14.7. The fraction of sp³-hybridized carbons (Fsp3) is 0.0952. The number of amides is 1. The number of nitrogens with zero attached hydrogens (tertiary/aromatic N) is 1. The second-order valence-electron chi connectivity index (χ2n) is 6.08. The highest BCUT2D eigenvalue weighted by Crippen LogP contribution is 2.39. The number of hydrogen-bond acceptors (Lipinski definition) is 2. The number of anilines is 2. The molecule has 3 nitrogen and oxygen atoms in total. The smallest absolute Gasteiger partial charge is 0.260 e. The van der Waals surface area contributed by atoms with E-state index in [2.05, 4.69) is 5.32 Å². The SMILES string of the molecule is Cc1ccccc1N1C(=O)c2ccccc2[C@H]1Nc1ccccc1F. The predicted octanol–water partition coefficient (Wildman–Crippen LogP) is 4.91. The molecule has 1 N–H and O–H groups in total. The van der Waals surface area contributed by atoms with E-state index in [1.165, 1.54) is 6.07 Å². The molecule has 4 rings (SSSR count). The van der Waals surface area contributed by atoms with Crippen LogP contribution in [0.4, 0.5) is 15.8 Å². The second-order valence-corrected chi connectivity index (χ2v) is 6.08. The van der Waals surface area contributed by atoms with Gasteiger partial charge in [-0.1, -0.05) is 48.5 Å². The summed E-state index contributed by atoms with van der Waals surface area (Å²) in [6.07, 6.45) is -0.457. The Morgan fingerprint density at radius 2 is 1.60 bits per heavy atom. The van der Waals surface area contributed by atoms with Crippen LogP contribution in [0.25, 0.3) is 0 Å². The van der Waals surface area contributed by atoms with Gasteiger partial charge in [0.05, 0.1) is 5.69 Å². The third-order valence-corrected chi connectivity index (χ3v) is 4.50. The zero-order chi connectivity index (χ0) is 17.4. The fourth-order valence-corrected chi connectivity index (χ4v) is 3.27. The van der Waals surface area contributed by atoms with Crippen LogP contribution in [0.2, 0.25) is 0 Å². The monoisotopic (exact) mass is 332 g/mol. The number of fused-ring (bicyclic) bond motifs is 1. The highest BCUT2D eigenvalue weighted by Gasteiger charge is 2.38. The topological polar surface area (TPSA) is 32.3 Å². The fourth-order valence-electron chi connectivity index (χ4n) is 3.27. The Morgan fingerprint density at radius 1 is 0.920 bits per heavy atom. The quantitative estimate of drug-likeness (QED) is 0.739. The van der Waals surface area contributed by atoms with Crippen LogP contribution in [-0.2, 0) is 0 Å². The van der Waals surface area contributed by atoms with Gasteiger partial charge >= 0.3 is 0 Å². The molecule has 0 bridgehead atoms. The van der Waals surface area contributed by atoms with Gasteiger partial charge in [-0.05, 0) is 36.8 Å². The summed E-state index contributed by atoms with van der Waals surface area (Å²) < 4.78 is 14.2. The van der Waals surface area contributed by atoms with Crippen LogP contribution in [-0.4, -0.2) is 5.91 Å². The van der Waals surface area contributed by atoms with Gasteiger partial charge in [0, 0.05) is 16.8 Å². The van der Waals surface area contributed by atoms with Gasteiger partial charge in [-0.15, -0.1) is 0 Å². The Labute approximate surface area is 145 Å². The Morgan fingerprint density at radius 3 is 2.40 bits per heavy atom. The summed E-state index contributed by atoms with van der Waals surface area (Å²) in [6.45, 7) is 1.96. The number of benzene rings is 3. The molecular formula is C21H17FN2O. The third kappa shape index (κ3) is 2.56. The third-order valence-electron chi connectivity index (χ3n) is 4.50. The van der Waals surface area contributed by atoms with Gasteiger partial charge in [-0.25, -0.2) is 4.39 Å². The molecule has 0 fully saturated rings. The highest BCUT2D eigenvalue weighted by atomic mass is 19.1. The van der Waals surface area contributed by atoms with E-state index in [1.807, 2.05) is 55.5 Å². The number of rotatable bonds is 3. The van der Waals surface area contributed by atoms with E-state index in [9.17, 15) is 9.18 Å². The number of carbonyl (C=O) groups excluding carboxylic acids is 1. The largest absolute Gasteiger partial charge is 0.359 e. The molecule has 4 heteroatoms. The van der Waals surface area contributed by atoms with Crippen LogP contribution in [0.5, 0.6) is 0 Å². The Kier molecular flexibility index (Phi) is 3.73. The molecule has 1 atom stereocenters. The number of hydrogen-bond donors (Lipinski definition) is 1. The molecule has 1 aliphatic rings. The van der Waals surface area contributed by atoms with Gasteiger partial charge < -0.3 is 5.32 Å². The van der Waals surface area contributed by atoms with E-state index in [1.54, 1.807) is 23.1 Å². The van der Waals surface area contributed by atoms with E-state index >= 15 is 0 Å². The Hall–Kier alpha value is -3.14. The highest BCUT2D eigenvalue weighted by molar-refractivity contribution is 6.11. The number of para-hydroxylation sites is 2. The van der Waals surface area contributed by atoms with Gasteiger partial charge in [0.1, 0.15) is 12.0 Å². The van der Waals surface area contributed by atoms with Crippen LogP contribution in [0.15, 0.2) is 72.8 Å². The molecule has 0 radical (unpaired) electrons. The zero-order valence-corrected chi connectivity index (χ0v) is 13.7. The van der Waals surface area contributed by atoms with Gasteiger partial charge in [0.2, 0.25) is 0 Å². The second kappa shape index (κ2) is 6.06. The summed E-state index contributed by atoms with van der Waals surface area (Å²) in [5, 5.41) is 3.20. The molecule has 1 aliphatic heterocycles. The minimum absolute atomic E-state index is 0.0845. The van der Waals surface area contributed by atoms with Gasteiger partial charge in [-0.3, -0.25) is 9.69 Å². The number of carbonyl (C=O) groups is 1. The van der Waals surface area contributed by atoms with E-state index in [-0.39, 0.29) is 11.7 Å². The average Bonchev–Trinajstić information content (AvgIpc) is 2.90. The molecule has 1 heterocycles. The first-order valence-corrected chi connectivity index (χ1v) is 8.16. The predicted molar refractivity (Wildman–Crippen MR) is 97.2 cm³/mol. The number of aryl methyl sites for hydroxylation is 1. The van der Waals surface area contributed by atoms with Gasteiger partial charge in [0.25, 0.3) is 5.91 Å². The maximum absolute atomic E-state index is 14.2. The standard InChI is InChI=1S/C21H17FN2O/c1-14-8-2-7-13-19(14)24-20(23-18-12-6-5-11-17(18)22)15-9-3-4-10-16(15)21(24)25/h2-13,20,23H,1H3/t20-/m0/s1. The summed E-state index contributed by atoms with van der Waals surface area (Å²) in [5.74, 6) is -0.428. The first kappa shape index (κ1) is 15.4. The van der Waals surface area contributed by atoms with Crippen molar-refractivity contribution in [3.63, 3.8) is 0 Å². The molecule has 124 valence electrons. The first-order chi connectivity index (χ1) is 12.2. The summed E-state index contributed by atoms with van der Waals surface area (Å²) in [7, 11) is 0.